The molecule has 530 valence electrons. The van der Waals surface area contributed by atoms with Crippen molar-refractivity contribution < 1.29 is 47.6 Å². The zero-order valence-electron chi connectivity index (χ0n) is 66.1. The molecule has 2 unspecified atom stereocenters. The third kappa shape index (κ3) is 17.8. The molecule has 0 spiro atoms. The van der Waals surface area contributed by atoms with E-state index in [4.69, 9.17) is 23.2 Å². The van der Waals surface area contributed by atoms with Gasteiger partial charge in [-0.15, -0.1) is 90.4 Å². The maximum absolute atomic E-state index is 5.91. The van der Waals surface area contributed by atoms with Crippen molar-refractivity contribution in [3.05, 3.63) is 287 Å². The first-order valence-electron chi connectivity index (χ1n) is 36.1. The molecule has 2 saturated carbocycles. The van der Waals surface area contributed by atoms with Gasteiger partial charge in [0.15, 0.2) is 0 Å². The van der Waals surface area contributed by atoms with Crippen molar-refractivity contribution in [1.82, 2.24) is 0 Å². The van der Waals surface area contributed by atoms with Gasteiger partial charge in [-0.25, -0.2) is 0 Å². The summed E-state index contributed by atoms with van der Waals surface area (Å²) in [6.45, 7) is 41.1. The van der Waals surface area contributed by atoms with Crippen LogP contribution in [0.25, 0.3) is 76.8 Å². The Hall–Kier alpha value is -5.38. The largest absolute Gasteiger partial charge is 4.00 e. The summed E-state index contributed by atoms with van der Waals surface area (Å²) >= 11 is 11.8. The van der Waals surface area contributed by atoms with Gasteiger partial charge in [0.05, 0.1) is 0 Å². The van der Waals surface area contributed by atoms with Crippen molar-refractivity contribution >= 4 is 55.5 Å². The molecule has 15 rings (SSSR count). The predicted octanol–water partition coefficient (Wildman–Crippen LogP) is 30.1. The van der Waals surface area contributed by atoms with E-state index in [2.05, 4.69) is 264 Å². The molecule has 11 aromatic rings. The molecule has 4 aliphatic carbocycles. The molecule has 0 N–H and O–H groups in total. The van der Waals surface area contributed by atoms with Crippen LogP contribution in [0.3, 0.4) is 0 Å². The second kappa shape index (κ2) is 34.0. The number of benzene rings is 9. The minimum absolute atomic E-state index is 0. The van der Waals surface area contributed by atoms with Crippen LogP contribution in [0.5, 0.6) is 0 Å². The molecule has 0 aromatic heterocycles. The van der Waals surface area contributed by atoms with E-state index >= 15 is 0 Å². The van der Waals surface area contributed by atoms with E-state index in [1.165, 1.54) is 197 Å². The van der Waals surface area contributed by atoms with Gasteiger partial charge in [0, 0.05) is 0 Å². The third-order valence-corrected chi connectivity index (χ3v) is 22.5. The molecular weight excluding hydrogens is 1470 g/mol. The van der Waals surface area contributed by atoms with Crippen LogP contribution < -0.4 is 0 Å². The summed E-state index contributed by atoms with van der Waals surface area (Å²) in [5.41, 5.74) is 31.6. The first kappa shape index (κ1) is 85.6. The van der Waals surface area contributed by atoms with Crippen LogP contribution >= 0.6 is 23.2 Å². The maximum atomic E-state index is 5.91. The van der Waals surface area contributed by atoms with Crippen molar-refractivity contribution in [2.75, 3.05) is 0 Å². The Morgan fingerprint density at radius 2 is 0.745 bits per heavy atom. The molecule has 2 atom stereocenters. The summed E-state index contributed by atoms with van der Waals surface area (Å²) in [5, 5.41) is 8.89. The van der Waals surface area contributed by atoms with Crippen LogP contribution in [0, 0.1) is 95.2 Å². The van der Waals surface area contributed by atoms with E-state index in [0.717, 1.165) is 32.7 Å². The Balaban J connectivity index is 0.000000218. The predicted molar refractivity (Wildman–Crippen MR) is 445 cm³/mol. The summed E-state index contributed by atoms with van der Waals surface area (Å²) in [6.07, 6.45) is 13.9. The van der Waals surface area contributed by atoms with E-state index in [9.17, 15) is 0 Å². The van der Waals surface area contributed by atoms with E-state index < -0.39 is 0 Å². The number of fused-ring (bicyclic) bond motifs is 10. The van der Waals surface area contributed by atoms with Gasteiger partial charge in [-0.1, -0.05) is 253 Å². The summed E-state index contributed by atoms with van der Waals surface area (Å²) in [6, 6.07) is 66.6. The van der Waals surface area contributed by atoms with Gasteiger partial charge in [0.25, 0.3) is 0 Å². The van der Waals surface area contributed by atoms with Crippen LogP contribution in [0.15, 0.2) is 158 Å². The number of rotatable bonds is 4. The molecule has 2 fully saturated rings. The average molecular weight is 1590 g/mol. The molecule has 4 heteroatoms. The Bertz CT molecular complexity index is 4230. The third-order valence-electron chi connectivity index (χ3n) is 21.9. The second-order valence-corrected chi connectivity index (χ2v) is 34.2. The van der Waals surface area contributed by atoms with Gasteiger partial charge >= 0.3 is 47.6 Å². The van der Waals surface area contributed by atoms with E-state index in [-0.39, 0.29) is 98.9 Å². The smallest absolute Gasteiger partial charge is 0.358 e. The van der Waals surface area contributed by atoms with Crippen LogP contribution in [0.4, 0.5) is 0 Å². The number of hydrogen-bond acceptors (Lipinski definition) is 0. The van der Waals surface area contributed by atoms with Crippen molar-refractivity contribution in [1.29, 1.82) is 0 Å². The van der Waals surface area contributed by atoms with E-state index in [1.54, 1.807) is 11.1 Å². The minimum atomic E-state index is 0. The Labute approximate surface area is 663 Å². The van der Waals surface area contributed by atoms with Crippen LogP contribution in [0.1, 0.15) is 237 Å². The number of halogens is 2. The fraction of sp³-hybridized carbons (Fsp3) is 0.367. The van der Waals surface area contributed by atoms with Gasteiger partial charge in [-0.2, -0.15) is 59.7 Å². The molecule has 0 heterocycles. The Morgan fingerprint density at radius 3 is 1.10 bits per heavy atom. The van der Waals surface area contributed by atoms with Crippen LogP contribution in [0.2, 0.25) is 10.0 Å². The zero-order valence-corrected chi connectivity index (χ0v) is 72.8. The fourth-order valence-corrected chi connectivity index (χ4v) is 17.3. The van der Waals surface area contributed by atoms with E-state index in [0.29, 0.717) is 11.8 Å². The van der Waals surface area contributed by atoms with Gasteiger partial charge in [-0.05, 0) is 189 Å². The molecule has 0 nitrogen and oxygen atoms in total. The average Bonchev–Trinajstić information content (AvgIpc) is 1.60. The monoisotopic (exact) mass is 1590 g/mol. The summed E-state index contributed by atoms with van der Waals surface area (Å²) < 4.78 is 0. The molecule has 11 aromatic carbocycles. The molecular formula is C98H116Cl2HfTi. The van der Waals surface area contributed by atoms with Gasteiger partial charge < -0.3 is 29.7 Å². The molecule has 0 saturated heterocycles. The van der Waals surface area contributed by atoms with Crippen LogP contribution in [-0.4, -0.2) is 0 Å². The summed E-state index contributed by atoms with van der Waals surface area (Å²) in [4.78, 5) is 0. The normalized spacial score (nSPS) is 15.5. The first-order valence-corrected chi connectivity index (χ1v) is 36.9. The molecule has 0 aliphatic heterocycles. The molecule has 102 heavy (non-hydrogen) atoms. The van der Waals surface area contributed by atoms with Crippen LogP contribution in [-0.2, 0) is 69.2 Å². The van der Waals surface area contributed by atoms with Crippen molar-refractivity contribution in [2.45, 2.75) is 222 Å². The molecule has 4 aliphatic rings. The number of hydrogen-bond donors (Lipinski definition) is 0. The Morgan fingerprint density at radius 1 is 0.382 bits per heavy atom. The Kier molecular flexibility index (Phi) is 28.5. The quantitative estimate of drug-likeness (QED) is 0.122. The minimum Gasteiger partial charge on any atom is -0.358 e. The second-order valence-electron chi connectivity index (χ2n) is 33.4. The SMILES string of the molecule is CC(C)(C)c1[c-]c2c(cc1)-c1ccc(C(C)(C)C)cc1C2C1CCCCC1.CC(C)(C)c1[c-]c2c(cc1)-c1ccc(C(C)(C)C)cc1C2C1CCCCC1.Cc1cc(C)c(-c2ccc3[cH-]c4ccc(-c5c(C)cc(C)cc5C)cc4c3c2)c(C)c1.Clc1ccc(Cl)c2[cH-]ccc12.[CH3-].[CH3-].[CH3-].[CH3-].[Hf+4].[Ti+4]. The van der Waals surface area contributed by atoms with Gasteiger partial charge in [0.1, 0.15) is 0 Å². The summed E-state index contributed by atoms with van der Waals surface area (Å²) in [7, 11) is 0. The van der Waals surface area contributed by atoms with Crippen molar-refractivity contribution in [3.8, 4) is 44.5 Å². The topological polar surface area (TPSA) is 0 Å². The van der Waals surface area contributed by atoms with Gasteiger partial charge in [0.2, 0.25) is 0 Å². The van der Waals surface area contributed by atoms with Gasteiger partial charge in [-0.3, -0.25) is 0 Å². The molecule has 0 amide bonds. The van der Waals surface area contributed by atoms with Crippen molar-refractivity contribution in [3.63, 3.8) is 0 Å². The molecule has 0 radical (unpaired) electrons. The maximum Gasteiger partial charge on any atom is 4.00 e. The standard InChI is InChI=1S/C31H29.2C27H35.C9H5Cl2.4CH3.Hf.Ti/c1-18-11-20(3)30(21(4)12-18)26-9-7-24-15-25-8-10-27(17-29(25)28(24)16-26)31-22(5)13-19(2)14-23(31)6;2*1-26(2,3)19-12-14-21-22-15-13-20(27(4,5)6)17-24(22)25(23(21)16-19)18-10-8-7-9-11-18;10-8-4-5-9(11)7-3-1-2-6(7)8;;;;;;/h7-17H,1-6H3;2*12-16,18,25H,7-11H2,1-6H3;1-5H;4*1H3;;/q8*-1;2*+4. The first-order chi connectivity index (χ1) is 45.4. The van der Waals surface area contributed by atoms with Crippen molar-refractivity contribution in [2.24, 2.45) is 11.8 Å². The summed E-state index contributed by atoms with van der Waals surface area (Å²) in [5.74, 6) is 2.64. The number of aryl methyl sites for hydroxylation is 6. The molecule has 0 bridgehead atoms. The van der Waals surface area contributed by atoms with E-state index in [1.807, 2.05) is 30.3 Å². The fourth-order valence-electron chi connectivity index (χ4n) is 16.9. The zero-order chi connectivity index (χ0) is 68.5.